The molecule has 5 rings (SSSR count). The molecule has 0 bridgehead atoms. The van der Waals surface area contributed by atoms with Gasteiger partial charge in [-0.3, -0.25) is 9.36 Å². The number of nitrogens with zero attached hydrogens (tertiary/aromatic N) is 2. The normalized spacial score (nSPS) is 12.1. The number of carbonyl (C=O) groups excluding carboxylic acids is 2. The molecule has 8 heteroatoms. The molecule has 0 spiro atoms. The molecule has 4 aromatic carbocycles. The van der Waals surface area contributed by atoms with Crippen LogP contribution in [0.25, 0.3) is 34.4 Å². The lowest BCUT2D eigenvalue weighted by Gasteiger charge is -2.18. The van der Waals surface area contributed by atoms with Gasteiger partial charge in [0, 0.05) is 28.1 Å². The molecule has 0 aliphatic carbocycles. The lowest BCUT2D eigenvalue weighted by Crippen LogP contribution is -2.42. The van der Waals surface area contributed by atoms with Crippen molar-refractivity contribution >= 4 is 35.4 Å². The van der Waals surface area contributed by atoms with Crippen molar-refractivity contribution < 1.29 is 14.3 Å². The van der Waals surface area contributed by atoms with E-state index in [0.29, 0.717) is 18.5 Å². The summed E-state index contributed by atoms with van der Waals surface area (Å²) in [4.78, 5) is 31.3. The molecule has 1 amide bonds. The van der Waals surface area contributed by atoms with Crippen molar-refractivity contribution in [3.8, 4) is 28.3 Å². The van der Waals surface area contributed by atoms with Crippen molar-refractivity contribution in [1.82, 2.24) is 14.9 Å². The standard InChI is InChI=1S/C41H44N4O3S/c1-41(2,3)25-23-31-27-32(21-22-34(31)39(46)43-35(24-26-49-5)40(47)48-4)42-28-36-37(29-15-9-6-10-16-29)44-38(30-17-11-7-12-18-30)45(36)33-19-13-8-14-20-33/h6-23,25,27,35,42H,24,26,28H2,1-5H3,(H,43,46)/t35-/m0/s1. The van der Waals surface area contributed by atoms with Gasteiger partial charge in [-0.25, -0.2) is 9.78 Å². The monoisotopic (exact) mass is 672 g/mol. The molecule has 252 valence electrons. The molecule has 1 heterocycles. The van der Waals surface area contributed by atoms with Gasteiger partial charge in [-0.15, -0.1) is 0 Å². The van der Waals surface area contributed by atoms with Gasteiger partial charge in [-0.1, -0.05) is 112 Å². The molecule has 0 aliphatic rings. The van der Waals surface area contributed by atoms with E-state index in [2.05, 4.69) is 78.4 Å². The van der Waals surface area contributed by atoms with Crippen molar-refractivity contribution in [2.75, 3.05) is 24.4 Å². The van der Waals surface area contributed by atoms with Crippen LogP contribution in [0.3, 0.4) is 0 Å². The second-order valence-corrected chi connectivity index (χ2v) is 13.8. The summed E-state index contributed by atoms with van der Waals surface area (Å²) in [5, 5.41) is 6.55. The number of carbonyl (C=O) groups is 2. The van der Waals surface area contributed by atoms with Crippen molar-refractivity contribution in [3.63, 3.8) is 0 Å². The fourth-order valence-corrected chi connectivity index (χ4v) is 5.96. The number of rotatable bonds is 13. The zero-order chi connectivity index (χ0) is 34.8. The molecular weight excluding hydrogens is 629 g/mol. The maximum Gasteiger partial charge on any atom is 0.328 e. The van der Waals surface area contributed by atoms with Gasteiger partial charge >= 0.3 is 5.97 Å². The molecule has 0 saturated heterocycles. The highest BCUT2D eigenvalue weighted by Gasteiger charge is 2.24. The number of esters is 1. The van der Waals surface area contributed by atoms with Gasteiger partial charge < -0.3 is 15.4 Å². The van der Waals surface area contributed by atoms with Gasteiger partial charge in [-0.05, 0) is 59.7 Å². The molecule has 0 unspecified atom stereocenters. The number of hydrogen-bond acceptors (Lipinski definition) is 6. The van der Waals surface area contributed by atoms with Crippen LogP contribution < -0.4 is 10.6 Å². The quantitative estimate of drug-likeness (QED) is 0.122. The summed E-state index contributed by atoms with van der Waals surface area (Å²) < 4.78 is 7.20. The summed E-state index contributed by atoms with van der Waals surface area (Å²) in [5.41, 5.74) is 6.90. The van der Waals surface area contributed by atoms with Gasteiger partial charge in [-0.2, -0.15) is 11.8 Å². The highest BCUT2D eigenvalue weighted by molar-refractivity contribution is 7.98. The second-order valence-electron chi connectivity index (χ2n) is 12.8. The van der Waals surface area contributed by atoms with E-state index < -0.39 is 12.0 Å². The third-order valence-corrected chi connectivity index (χ3v) is 8.63. The minimum atomic E-state index is -0.726. The Labute approximate surface area is 293 Å². The first-order valence-corrected chi connectivity index (χ1v) is 17.8. The fourth-order valence-electron chi connectivity index (χ4n) is 5.49. The number of para-hydroxylation sites is 1. The zero-order valence-electron chi connectivity index (χ0n) is 28.8. The summed E-state index contributed by atoms with van der Waals surface area (Å²) >= 11 is 1.61. The van der Waals surface area contributed by atoms with Crippen molar-refractivity contribution in [1.29, 1.82) is 0 Å². The van der Waals surface area contributed by atoms with Gasteiger partial charge in [0.15, 0.2) is 0 Å². The van der Waals surface area contributed by atoms with E-state index in [1.54, 1.807) is 11.8 Å². The molecule has 1 aromatic heterocycles. The maximum atomic E-state index is 13.6. The summed E-state index contributed by atoms with van der Waals surface area (Å²) in [6, 6.07) is 35.7. The fraction of sp³-hybridized carbons (Fsp3) is 0.244. The van der Waals surface area contributed by atoms with E-state index in [-0.39, 0.29) is 11.3 Å². The Balaban J connectivity index is 1.55. The number of allylic oxidation sites excluding steroid dienone is 1. The predicted molar refractivity (Wildman–Crippen MR) is 203 cm³/mol. The Kier molecular flexibility index (Phi) is 11.8. The van der Waals surface area contributed by atoms with Crippen molar-refractivity contribution in [3.05, 3.63) is 132 Å². The number of amides is 1. The number of hydrogen-bond donors (Lipinski definition) is 2. The first-order chi connectivity index (χ1) is 23.7. The summed E-state index contributed by atoms with van der Waals surface area (Å²) in [6.07, 6.45) is 6.51. The molecule has 5 aromatic rings. The van der Waals surface area contributed by atoms with E-state index in [1.807, 2.05) is 85.1 Å². The van der Waals surface area contributed by atoms with Gasteiger partial charge in [0.05, 0.1) is 25.0 Å². The molecule has 49 heavy (non-hydrogen) atoms. The van der Waals surface area contributed by atoms with Crippen LogP contribution in [0.5, 0.6) is 0 Å². The SMILES string of the molecule is COC(=O)[C@H](CCSC)NC(=O)c1ccc(NCc2c(-c3ccccc3)nc(-c3ccccc3)n2-c2ccccc2)cc1C=CC(C)(C)C. The lowest BCUT2D eigenvalue weighted by atomic mass is 9.94. The predicted octanol–water partition coefficient (Wildman–Crippen LogP) is 8.90. The Morgan fingerprint density at radius 3 is 2.14 bits per heavy atom. The Morgan fingerprint density at radius 2 is 1.53 bits per heavy atom. The van der Waals surface area contributed by atoms with E-state index >= 15 is 0 Å². The Hall–Kier alpha value is -5.08. The smallest absolute Gasteiger partial charge is 0.328 e. The Bertz CT molecular complexity index is 1880. The van der Waals surface area contributed by atoms with Gasteiger partial charge in [0.25, 0.3) is 5.91 Å². The van der Waals surface area contributed by atoms with E-state index in [1.165, 1.54) is 7.11 Å². The average Bonchev–Trinajstić information content (AvgIpc) is 3.51. The molecule has 0 saturated carbocycles. The van der Waals surface area contributed by atoms with Crippen LogP contribution in [-0.4, -0.2) is 46.6 Å². The summed E-state index contributed by atoms with van der Waals surface area (Å²) in [6.45, 7) is 6.80. The zero-order valence-corrected chi connectivity index (χ0v) is 29.6. The maximum absolute atomic E-state index is 13.6. The molecule has 0 fully saturated rings. The van der Waals surface area contributed by atoms with Crippen molar-refractivity contribution in [2.45, 2.75) is 39.8 Å². The van der Waals surface area contributed by atoms with Crippen LogP contribution in [0.1, 0.15) is 48.8 Å². The van der Waals surface area contributed by atoms with Crippen LogP contribution in [0.2, 0.25) is 0 Å². The number of imidazole rings is 1. The molecule has 0 aliphatic heterocycles. The highest BCUT2D eigenvalue weighted by atomic mass is 32.2. The van der Waals surface area contributed by atoms with Crippen LogP contribution in [0, 0.1) is 5.41 Å². The van der Waals surface area contributed by atoms with Crippen LogP contribution in [0.15, 0.2) is 115 Å². The number of aromatic nitrogens is 2. The molecule has 7 nitrogen and oxygen atoms in total. The number of nitrogens with one attached hydrogen (secondary N) is 2. The van der Waals surface area contributed by atoms with Gasteiger partial charge in [0.2, 0.25) is 0 Å². The van der Waals surface area contributed by atoms with Crippen LogP contribution >= 0.6 is 11.8 Å². The first-order valence-electron chi connectivity index (χ1n) is 16.4. The second kappa shape index (κ2) is 16.3. The van der Waals surface area contributed by atoms with E-state index in [0.717, 1.165) is 51.0 Å². The lowest BCUT2D eigenvalue weighted by molar-refractivity contribution is -0.142. The van der Waals surface area contributed by atoms with Gasteiger partial charge in [0.1, 0.15) is 11.9 Å². The number of anilines is 1. The van der Waals surface area contributed by atoms with Crippen LogP contribution in [0.4, 0.5) is 5.69 Å². The Morgan fingerprint density at radius 1 is 0.898 bits per heavy atom. The summed E-state index contributed by atoms with van der Waals surface area (Å²) in [7, 11) is 1.34. The molecular formula is C41H44N4O3S. The van der Waals surface area contributed by atoms with E-state index in [4.69, 9.17) is 9.72 Å². The summed E-state index contributed by atoms with van der Waals surface area (Å²) in [5.74, 6) is 0.796. The van der Waals surface area contributed by atoms with Crippen molar-refractivity contribution in [2.24, 2.45) is 5.41 Å². The minimum absolute atomic E-state index is 0.106. The third kappa shape index (κ3) is 9.09. The topological polar surface area (TPSA) is 85.2 Å². The molecule has 0 radical (unpaired) electrons. The minimum Gasteiger partial charge on any atom is -0.467 e. The largest absolute Gasteiger partial charge is 0.467 e. The van der Waals surface area contributed by atoms with E-state index in [9.17, 15) is 9.59 Å². The average molecular weight is 673 g/mol. The number of thioether (sulfide) groups is 1. The molecule has 2 N–H and O–H groups in total. The number of methoxy groups -OCH3 is 1. The third-order valence-electron chi connectivity index (χ3n) is 7.99. The number of benzene rings is 4. The highest BCUT2D eigenvalue weighted by Crippen LogP contribution is 2.33. The molecule has 1 atom stereocenters. The number of ether oxygens (including phenoxy) is 1. The first kappa shape index (κ1) is 35.2. The van der Waals surface area contributed by atoms with Crippen LogP contribution in [-0.2, 0) is 16.1 Å².